The standard InChI is InChI=1S/C10H10F2O/c1-7(6-13)4-8-2-3-9(11)10(12)5-8/h2-3,5-7H,4H2,1H3. The van der Waals surface area contributed by atoms with Crippen LogP contribution in [0.5, 0.6) is 0 Å². The minimum absolute atomic E-state index is 0.162. The van der Waals surface area contributed by atoms with E-state index in [2.05, 4.69) is 0 Å². The molecule has 0 radical (unpaired) electrons. The van der Waals surface area contributed by atoms with Crippen molar-refractivity contribution in [1.29, 1.82) is 0 Å². The number of benzene rings is 1. The van der Waals surface area contributed by atoms with E-state index in [4.69, 9.17) is 0 Å². The zero-order valence-corrected chi connectivity index (χ0v) is 7.26. The minimum Gasteiger partial charge on any atom is -0.303 e. The van der Waals surface area contributed by atoms with Gasteiger partial charge in [-0.3, -0.25) is 0 Å². The molecule has 0 saturated carbocycles. The smallest absolute Gasteiger partial charge is 0.159 e. The van der Waals surface area contributed by atoms with Crippen molar-refractivity contribution in [3.05, 3.63) is 35.4 Å². The predicted molar refractivity (Wildman–Crippen MR) is 45.3 cm³/mol. The fourth-order valence-corrected chi connectivity index (χ4v) is 1.09. The third-order valence-corrected chi connectivity index (χ3v) is 1.77. The van der Waals surface area contributed by atoms with E-state index in [0.717, 1.165) is 18.4 Å². The zero-order valence-electron chi connectivity index (χ0n) is 7.26. The van der Waals surface area contributed by atoms with Gasteiger partial charge in [-0.05, 0) is 24.1 Å². The Labute approximate surface area is 75.4 Å². The maximum Gasteiger partial charge on any atom is 0.159 e. The summed E-state index contributed by atoms with van der Waals surface area (Å²) in [7, 11) is 0. The number of carbonyl (C=O) groups is 1. The first kappa shape index (κ1) is 9.84. The van der Waals surface area contributed by atoms with Gasteiger partial charge in [-0.15, -0.1) is 0 Å². The molecule has 0 N–H and O–H groups in total. The lowest BCUT2D eigenvalue weighted by atomic mass is 10.0. The zero-order chi connectivity index (χ0) is 9.84. The average Bonchev–Trinajstić information content (AvgIpc) is 2.11. The minimum atomic E-state index is -0.865. The summed E-state index contributed by atoms with van der Waals surface area (Å²) in [5.41, 5.74) is 0.638. The summed E-state index contributed by atoms with van der Waals surface area (Å²) in [5, 5.41) is 0. The topological polar surface area (TPSA) is 17.1 Å². The molecule has 1 atom stereocenters. The van der Waals surface area contributed by atoms with E-state index in [0.29, 0.717) is 12.0 Å². The lowest BCUT2D eigenvalue weighted by Gasteiger charge is -2.03. The van der Waals surface area contributed by atoms with Crippen LogP contribution in [0.2, 0.25) is 0 Å². The SMILES string of the molecule is CC(C=O)Cc1ccc(F)c(F)c1. The molecule has 0 spiro atoms. The molecule has 0 aliphatic carbocycles. The van der Waals surface area contributed by atoms with Gasteiger partial charge in [-0.25, -0.2) is 8.78 Å². The monoisotopic (exact) mass is 184 g/mol. The quantitative estimate of drug-likeness (QED) is 0.659. The Kier molecular flexibility index (Phi) is 3.12. The first-order chi connectivity index (χ1) is 6.13. The summed E-state index contributed by atoms with van der Waals surface area (Å²) in [5.74, 6) is -1.89. The molecule has 0 amide bonds. The van der Waals surface area contributed by atoms with Gasteiger partial charge in [0.25, 0.3) is 0 Å². The summed E-state index contributed by atoms with van der Waals surface area (Å²) in [6.45, 7) is 1.73. The van der Waals surface area contributed by atoms with Crippen molar-refractivity contribution < 1.29 is 13.6 Å². The van der Waals surface area contributed by atoms with Gasteiger partial charge in [0.15, 0.2) is 11.6 Å². The Morgan fingerprint density at radius 2 is 2.08 bits per heavy atom. The summed E-state index contributed by atoms with van der Waals surface area (Å²) in [6.07, 6.45) is 1.24. The second-order valence-corrected chi connectivity index (χ2v) is 3.07. The van der Waals surface area contributed by atoms with Crippen molar-refractivity contribution in [2.24, 2.45) is 5.92 Å². The van der Waals surface area contributed by atoms with Crippen LogP contribution >= 0.6 is 0 Å². The molecule has 0 aliphatic rings. The number of rotatable bonds is 3. The molecule has 1 aromatic rings. The highest BCUT2D eigenvalue weighted by Crippen LogP contribution is 2.11. The van der Waals surface area contributed by atoms with Crippen molar-refractivity contribution in [2.45, 2.75) is 13.3 Å². The fourth-order valence-electron chi connectivity index (χ4n) is 1.09. The number of halogens is 2. The maximum absolute atomic E-state index is 12.7. The highest BCUT2D eigenvalue weighted by Gasteiger charge is 2.05. The molecule has 0 bridgehead atoms. The molecule has 0 heterocycles. The van der Waals surface area contributed by atoms with E-state index < -0.39 is 11.6 Å². The van der Waals surface area contributed by atoms with E-state index in [9.17, 15) is 13.6 Å². The molecular formula is C10H10F2O. The first-order valence-electron chi connectivity index (χ1n) is 4.02. The van der Waals surface area contributed by atoms with Crippen LogP contribution in [-0.2, 0) is 11.2 Å². The third kappa shape index (κ3) is 2.61. The largest absolute Gasteiger partial charge is 0.303 e. The van der Waals surface area contributed by atoms with Crippen molar-refractivity contribution in [1.82, 2.24) is 0 Å². The Bertz CT molecular complexity index is 310. The van der Waals surface area contributed by atoms with Crippen LogP contribution in [0.25, 0.3) is 0 Å². The second-order valence-electron chi connectivity index (χ2n) is 3.07. The molecule has 0 fully saturated rings. The van der Waals surface area contributed by atoms with Gasteiger partial charge in [-0.1, -0.05) is 13.0 Å². The lowest BCUT2D eigenvalue weighted by molar-refractivity contribution is -0.110. The predicted octanol–water partition coefficient (Wildman–Crippen LogP) is 2.34. The molecule has 1 unspecified atom stereocenters. The van der Waals surface area contributed by atoms with Gasteiger partial charge >= 0.3 is 0 Å². The van der Waals surface area contributed by atoms with Gasteiger partial charge < -0.3 is 4.79 Å². The van der Waals surface area contributed by atoms with Gasteiger partial charge in [-0.2, -0.15) is 0 Å². The second kappa shape index (κ2) is 4.12. The van der Waals surface area contributed by atoms with Crippen molar-refractivity contribution >= 4 is 6.29 Å². The van der Waals surface area contributed by atoms with Crippen LogP contribution in [-0.4, -0.2) is 6.29 Å². The Balaban J connectivity index is 2.79. The van der Waals surface area contributed by atoms with Gasteiger partial charge in [0.05, 0.1) is 0 Å². The first-order valence-corrected chi connectivity index (χ1v) is 4.02. The fraction of sp³-hybridized carbons (Fsp3) is 0.300. The highest BCUT2D eigenvalue weighted by molar-refractivity contribution is 5.53. The number of aldehydes is 1. The maximum atomic E-state index is 12.7. The molecule has 1 nitrogen and oxygen atoms in total. The average molecular weight is 184 g/mol. The number of hydrogen-bond acceptors (Lipinski definition) is 1. The molecule has 1 aromatic carbocycles. The number of carbonyl (C=O) groups excluding carboxylic acids is 1. The summed E-state index contributed by atoms with van der Waals surface area (Å²) in [4.78, 5) is 10.3. The molecule has 1 rings (SSSR count). The van der Waals surface area contributed by atoms with Crippen LogP contribution in [0.1, 0.15) is 12.5 Å². The van der Waals surface area contributed by atoms with Gasteiger partial charge in [0.2, 0.25) is 0 Å². The molecule has 0 aliphatic heterocycles. The summed E-state index contributed by atoms with van der Waals surface area (Å²) >= 11 is 0. The van der Waals surface area contributed by atoms with Crippen molar-refractivity contribution in [3.63, 3.8) is 0 Å². The molecule has 70 valence electrons. The van der Waals surface area contributed by atoms with Crippen LogP contribution in [0.15, 0.2) is 18.2 Å². The molecule has 3 heteroatoms. The summed E-state index contributed by atoms with van der Waals surface area (Å²) in [6, 6.07) is 3.68. The van der Waals surface area contributed by atoms with E-state index in [1.165, 1.54) is 6.07 Å². The molecular weight excluding hydrogens is 174 g/mol. The Morgan fingerprint density at radius 1 is 1.38 bits per heavy atom. The Morgan fingerprint density at radius 3 is 2.62 bits per heavy atom. The lowest BCUT2D eigenvalue weighted by Crippen LogP contribution is -2.01. The van der Waals surface area contributed by atoms with Crippen LogP contribution in [0.4, 0.5) is 8.78 Å². The number of hydrogen-bond donors (Lipinski definition) is 0. The molecule has 0 aromatic heterocycles. The van der Waals surface area contributed by atoms with Crippen LogP contribution < -0.4 is 0 Å². The van der Waals surface area contributed by atoms with Crippen LogP contribution in [0.3, 0.4) is 0 Å². The van der Waals surface area contributed by atoms with Gasteiger partial charge in [0.1, 0.15) is 6.29 Å². The van der Waals surface area contributed by atoms with Crippen LogP contribution in [0, 0.1) is 17.6 Å². The van der Waals surface area contributed by atoms with Gasteiger partial charge in [0, 0.05) is 5.92 Å². The van der Waals surface area contributed by atoms with E-state index in [1.54, 1.807) is 6.92 Å². The normalized spacial score (nSPS) is 12.5. The molecule has 13 heavy (non-hydrogen) atoms. The van der Waals surface area contributed by atoms with E-state index >= 15 is 0 Å². The molecule has 0 saturated heterocycles. The highest BCUT2D eigenvalue weighted by atomic mass is 19.2. The van der Waals surface area contributed by atoms with E-state index in [1.807, 2.05) is 0 Å². The van der Waals surface area contributed by atoms with Crippen molar-refractivity contribution in [2.75, 3.05) is 0 Å². The van der Waals surface area contributed by atoms with E-state index in [-0.39, 0.29) is 5.92 Å². The summed E-state index contributed by atoms with van der Waals surface area (Å²) < 4.78 is 25.1. The Hall–Kier alpha value is -1.25. The van der Waals surface area contributed by atoms with Crippen molar-refractivity contribution in [3.8, 4) is 0 Å². The third-order valence-electron chi connectivity index (χ3n) is 1.77.